The minimum atomic E-state index is 0. The Bertz CT molecular complexity index is 66.6. The average molecular weight is 121 g/mol. The smallest absolute Gasteiger partial charge is 0.0666 e. The second-order valence-corrected chi connectivity index (χ2v) is 1.27. The van der Waals surface area contributed by atoms with Crippen molar-refractivity contribution >= 4 is 12.4 Å². The van der Waals surface area contributed by atoms with Crippen LogP contribution in [0.4, 0.5) is 0 Å². The van der Waals surface area contributed by atoms with Gasteiger partial charge in [-0.15, -0.1) is 12.4 Å². The van der Waals surface area contributed by atoms with Crippen LogP contribution in [0.25, 0.3) is 0 Å². The van der Waals surface area contributed by atoms with Crippen LogP contribution in [0.1, 0.15) is 6.92 Å². The van der Waals surface area contributed by atoms with Crippen molar-refractivity contribution in [1.82, 2.24) is 0 Å². The van der Waals surface area contributed by atoms with E-state index in [2.05, 4.69) is 0 Å². The van der Waals surface area contributed by atoms with Gasteiger partial charge in [0.2, 0.25) is 0 Å². The number of hydrogen-bond acceptors (Lipinski definition) is 2. The lowest BCUT2D eigenvalue weighted by atomic mass is 10.2. The summed E-state index contributed by atoms with van der Waals surface area (Å²) in [5.74, 6) is 0.0185. The van der Waals surface area contributed by atoms with E-state index >= 15 is 0 Å². The highest BCUT2D eigenvalue weighted by Crippen LogP contribution is 1.82. The maximum atomic E-state index is 8.00. The Labute approximate surface area is 49.7 Å². The number of hydrogen-bond donors (Lipinski definition) is 1. The first-order chi connectivity index (χ1) is 2.81. The molecule has 0 bridgehead atoms. The van der Waals surface area contributed by atoms with Gasteiger partial charge in [0.05, 0.1) is 12.0 Å². The standard InChI is InChI=1S/C4H8N2.ClH/c1-4(2-5)3-6;/h4H,2,5H2,1H3;1H/t4-;/m0./s1. The maximum absolute atomic E-state index is 8.00. The molecule has 2 nitrogen and oxygen atoms in total. The largest absolute Gasteiger partial charge is 0.329 e. The molecule has 42 valence electrons. The molecule has 7 heavy (non-hydrogen) atoms. The second-order valence-electron chi connectivity index (χ2n) is 1.27. The summed E-state index contributed by atoms with van der Waals surface area (Å²) in [6.07, 6.45) is 0. The quantitative estimate of drug-likeness (QED) is 0.549. The topological polar surface area (TPSA) is 49.8 Å². The molecule has 0 aromatic rings. The van der Waals surface area contributed by atoms with Crippen LogP contribution in [0.3, 0.4) is 0 Å². The van der Waals surface area contributed by atoms with E-state index in [0.717, 1.165) is 0 Å². The lowest BCUT2D eigenvalue weighted by molar-refractivity contribution is 0.755. The highest BCUT2D eigenvalue weighted by Gasteiger charge is 1.88. The van der Waals surface area contributed by atoms with Gasteiger partial charge in [-0.2, -0.15) is 5.26 Å². The summed E-state index contributed by atoms with van der Waals surface area (Å²) in [6.45, 7) is 2.26. The van der Waals surface area contributed by atoms with Crippen molar-refractivity contribution in [3.8, 4) is 6.07 Å². The number of nitrogens with two attached hydrogens (primary N) is 1. The number of halogens is 1. The lowest BCUT2D eigenvalue weighted by Crippen LogP contribution is -2.07. The Morgan fingerprint density at radius 2 is 2.29 bits per heavy atom. The minimum Gasteiger partial charge on any atom is -0.329 e. The minimum absolute atomic E-state index is 0. The Morgan fingerprint density at radius 1 is 1.86 bits per heavy atom. The van der Waals surface area contributed by atoms with Crippen LogP contribution >= 0.6 is 12.4 Å². The Balaban J connectivity index is 0. The van der Waals surface area contributed by atoms with Crippen LogP contribution in [-0.2, 0) is 0 Å². The summed E-state index contributed by atoms with van der Waals surface area (Å²) in [7, 11) is 0. The predicted molar refractivity (Wildman–Crippen MR) is 31.1 cm³/mol. The van der Waals surface area contributed by atoms with Gasteiger partial charge < -0.3 is 5.73 Å². The van der Waals surface area contributed by atoms with E-state index in [9.17, 15) is 0 Å². The normalized spacial score (nSPS) is 11.0. The molecule has 0 radical (unpaired) electrons. The molecule has 0 aromatic carbocycles. The molecule has 0 amide bonds. The summed E-state index contributed by atoms with van der Waals surface area (Å²) in [5, 5.41) is 8.00. The van der Waals surface area contributed by atoms with E-state index in [4.69, 9.17) is 11.0 Å². The highest BCUT2D eigenvalue weighted by molar-refractivity contribution is 5.85. The zero-order valence-corrected chi connectivity index (χ0v) is 5.03. The first-order valence-corrected chi connectivity index (χ1v) is 1.91. The van der Waals surface area contributed by atoms with Gasteiger partial charge in [-0.1, -0.05) is 0 Å². The highest BCUT2D eigenvalue weighted by atomic mass is 35.5. The molecule has 0 rings (SSSR count). The molecule has 0 saturated heterocycles. The Kier molecular flexibility index (Phi) is 8.10. The second kappa shape index (κ2) is 5.74. The van der Waals surface area contributed by atoms with Gasteiger partial charge in [0, 0.05) is 6.54 Å². The monoisotopic (exact) mass is 120 g/mol. The molecule has 0 saturated carbocycles. The van der Waals surface area contributed by atoms with Crippen molar-refractivity contribution in [2.75, 3.05) is 6.54 Å². The maximum Gasteiger partial charge on any atom is 0.0666 e. The molecule has 0 aliphatic carbocycles. The van der Waals surface area contributed by atoms with Gasteiger partial charge in [-0.3, -0.25) is 0 Å². The van der Waals surface area contributed by atoms with Crippen LogP contribution in [0, 0.1) is 17.2 Å². The van der Waals surface area contributed by atoms with E-state index < -0.39 is 0 Å². The molecular weight excluding hydrogens is 112 g/mol. The molecule has 0 unspecified atom stereocenters. The molecule has 0 aliphatic heterocycles. The van der Waals surface area contributed by atoms with Crippen LogP contribution in [-0.4, -0.2) is 6.54 Å². The number of rotatable bonds is 1. The SMILES string of the molecule is C[C@H](C#N)CN.Cl. The number of nitrogens with zero attached hydrogens (tertiary/aromatic N) is 1. The Hall–Kier alpha value is -0.260. The molecule has 2 N–H and O–H groups in total. The van der Waals surface area contributed by atoms with Crippen molar-refractivity contribution in [3.63, 3.8) is 0 Å². The fourth-order valence-corrected chi connectivity index (χ4v) is 0.0527. The molecule has 1 atom stereocenters. The van der Waals surface area contributed by atoms with Crippen molar-refractivity contribution in [2.24, 2.45) is 11.7 Å². The third kappa shape index (κ3) is 5.74. The zero-order chi connectivity index (χ0) is 4.99. The molecule has 0 aliphatic rings. The van der Waals surface area contributed by atoms with Gasteiger partial charge >= 0.3 is 0 Å². The third-order valence-electron chi connectivity index (χ3n) is 0.574. The van der Waals surface area contributed by atoms with E-state index in [-0.39, 0.29) is 18.3 Å². The molecule has 3 heteroatoms. The fourth-order valence-electron chi connectivity index (χ4n) is 0.0527. The molecule has 0 fully saturated rings. The van der Waals surface area contributed by atoms with Crippen molar-refractivity contribution < 1.29 is 0 Å². The van der Waals surface area contributed by atoms with E-state index in [0.29, 0.717) is 6.54 Å². The van der Waals surface area contributed by atoms with E-state index in [1.165, 1.54) is 0 Å². The van der Waals surface area contributed by atoms with Gasteiger partial charge in [0.25, 0.3) is 0 Å². The van der Waals surface area contributed by atoms with Gasteiger partial charge in [0.15, 0.2) is 0 Å². The molecular formula is C4H9ClN2. The molecule has 0 heterocycles. The summed E-state index contributed by atoms with van der Waals surface area (Å²) >= 11 is 0. The average Bonchev–Trinajstić information content (AvgIpc) is 1.65. The van der Waals surface area contributed by atoms with Crippen LogP contribution in [0.15, 0.2) is 0 Å². The van der Waals surface area contributed by atoms with E-state index in [1.807, 2.05) is 6.07 Å². The first-order valence-electron chi connectivity index (χ1n) is 1.91. The zero-order valence-electron chi connectivity index (χ0n) is 4.22. The van der Waals surface area contributed by atoms with E-state index in [1.54, 1.807) is 6.92 Å². The van der Waals surface area contributed by atoms with Gasteiger partial charge in [0.1, 0.15) is 0 Å². The summed E-state index contributed by atoms with van der Waals surface area (Å²) in [6, 6.07) is 1.99. The van der Waals surface area contributed by atoms with Gasteiger partial charge in [-0.05, 0) is 6.92 Å². The Morgan fingerprint density at radius 3 is 2.29 bits per heavy atom. The predicted octanol–water partition coefficient (Wildman–Crippen LogP) is 0.527. The lowest BCUT2D eigenvalue weighted by Gasteiger charge is -1.87. The third-order valence-corrected chi connectivity index (χ3v) is 0.574. The van der Waals surface area contributed by atoms with Crippen molar-refractivity contribution in [1.29, 1.82) is 5.26 Å². The van der Waals surface area contributed by atoms with Crippen LogP contribution < -0.4 is 5.73 Å². The van der Waals surface area contributed by atoms with Crippen molar-refractivity contribution in [2.45, 2.75) is 6.92 Å². The first kappa shape index (κ1) is 9.88. The van der Waals surface area contributed by atoms with Crippen LogP contribution in [0.5, 0.6) is 0 Å². The number of nitriles is 1. The summed E-state index contributed by atoms with van der Waals surface area (Å²) in [5.41, 5.74) is 5.06. The fraction of sp³-hybridized carbons (Fsp3) is 0.750. The molecule has 0 aromatic heterocycles. The van der Waals surface area contributed by atoms with Gasteiger partial charge in [-0.25, -0.2) is 0 Å². The van der Waals surface area contributed by atoms with Crippen molar-refractivity contribution in [3.05, 3.63) is 0 Å². The summed E-state index contributed by atoms with van der Waals surface area (Å²) in [4.78, 5) is 0. The molecule has 0 spiro atoms. The summed E-state index contributed by atoms with van der Waals surface area (Å²) < 4.78 is 0. The van der Waals surface area contributed by atoms with Crippen LogP contribution in [0.2, 0.25) is 0 Å².